The van der Waals surface area contributed by atoms with E-state index in [4.69, 9.17) is 30.1 Å². The summed E-state index contributed by atoms with van der Waals surface area (Å²) in [6.45, 7) is 3.85. The first-order valence-electron chi connectivity index (χ1n) is 8.82. The number of hydrogen-bond acceptors (Lipinski definition) is 8. The summed E-state index contributed by atoms with van der Waals surface area (Å²) in [4.78, 5) is 19.9. The molecule has 29 heavy (non-hydrogen) atoms. The molecular weight excluding hydrogens is 593 g/mol. The molecule has 2 aromatic rings. The van der Waals surface area contributed by atoms with Crippen molar-refractivity contribution in [3.8, 4) is 0 Å². The second-order valence-electron chi connectivity index (χ2n) is 6.35. The number of rotatable bonds is 7. The Hall–Kier alpha value is -1.49. The first-order chi connectivity index (χ1) is 13.5. The molecule has 0 unspecified atom stereocenters. The van der Waals surface area contributed by atoms with E-state index in [1.54, 1.807) is 18.3 Å². The zero-order valence-corrected chi connectivity index (χ0v) is 19.2. The van der Waals surface area contributed by atoms with E-state index < -0.39 is 4.92 Å². The fourth-order valence-electron chi connectivity index (χ4n) is 2.89. The van der Waals surface area contributed by atoms with Crippen molar-refractivity contribution in [1.82, 2.24) is 4.90 Å². The van der Waals surface area contributed by atoms with Crippen LogP contribution in [0.4, 0.5) is 11.4 Å². The maximum atomic E-state index is 10.6. The van der Waals surface area contributed by atoms with Crippen LogP contribution in [0.2, 0.25) is 0 Å². The monoisotopic (exact) mass is 613 g/mol. The van der Waals surface area contributed by atoms with E-state index in [9.17, 15) is 10.1 Å². The van der Waals surface area contributed by atoms with Crippen molar-refractivity contribution in [2.24, 2.45) is 5.16 Å². The number of non-ortho nitro benzene ring substituents is 1. The minimum Gasteiger partial charge on any atom is -0.800 e. The van der Waals surface area contributed by atoms with Crippen LogP contribution >= 0.6 is 0 Å². The van der Waals surface area contributed by atoms with Crippen LogP contribution in [-0.4, -0.2) is 46.9 Å². The van der Waals surface area contributed by atoms with Crippen molar-refractivity contribution in [2.75, 3.05) is 31.1 Å². The molecule has 0 aromatic heterocycles. The third-order valence-corrected chi connectivity index (χ3v) is 5.12. The van der Waals surface area contributed by atoms with Crippen LogP contribution in [0.25, 0.3) is 0 Å². The molecule has 0 bridgehead atoms. The third kappa shape index (κ3) is 7.06. The van der Waals surface area contributed by atoms with E-state index in [-0.39, 0.29) is 39.4 Å². The number of nitrogens with zero attached hydrogens (tertiary/aromatic N) is 4. The van der Waals surface area contributed by atoms with Gasteiger partial charge >= 0.3 is 0 Å². The SMILES string of the molecule is O=[N+]([O-])c1ccc(CO/N=C/c2ccc(N3CCN(C([S-])[S-])CC3)cc2)cc1.[Au]. The summed E-state index contributed by atoms with van der Waals surface area (Å²) >= 11 is 10.3. The minimum atomic E-state index is -0.429. The van der Waals surface area contributed by atoms with Gasteiger partial charge in [0.2, 0.25) is 0 Å². The number of hydrogen-bond donors (Lipinski definition) is 0. The van der Waals surface area contributed by atoms with E-state index in [0.29, 0.717) is 0 Å². The number of nitro benzene ring substituents is 1. The number of piperazine rings is 1. The largest absolute Gasteiger partial charge is 0.800 e. The Bertz CT molecular complexity index is 811. The molecule has 0 spiro atoms. The summed E-state index contributed by atoms with van der Waals surface area (Å²) in [6, 6.07) is 14.3. The second-order valence-corrected chi connectivity index (χ2v) is 7.54. The molecule has 1 aliphatic heterocycles. The summed E-state index contributed by atoms with van der Waals surface area (Å²) in [5, 5.41) is 14.6. The van der Waals surface area contributed by atoms with Gasteiger partial charge < -0.3 is 39.9 Å². The van der Waals surface area contributed by atoms with Gasteiger partial charge in [0.1, 0.15) is 6.61 Å². The van der Waals surface area contributed by atoms with Gasteiger partial charge in [0.25, 0.3) is 5.69 Å². The quantitative estimate of drug-likeness (QED) is 0.157. The van der Waals surface area contributed by atoms with Crippen LogP contribution in [0.15, 0.2) is 53.7 Å². The summed E-state index contributed by atoms with van der Waals surface area (Å²) in [6.07, 6.45) is 1.64. The Kier molecular flexibility index (Phi) is 9.54. The van der Waals surface area contributed by atoms with Gasteiger partial charge in [-0.3, -0.25) is 10.1 Å². The molecule has 10 heteroatoms. The topological polar surface area (TPSA) is 71.2 Å². The van der Waals surface area contributed by atoms with Crippen LogP contribution in [0.3, 0.4) is 0 Å². The maximum Gasteiger partial charge on any atom is 0.269 e. The molecular formula is C19H20AuN4O3S2-2. The smallest absolute Gasteiger partial charge is 0.269 e. The molecule has 0 amide bonds. The zero-order valence-electron chi connectivity index (χ0n) is 15.4. The summed E-state index contributed by atoms with van der Waals surface area (Å²) in [5.41, 5.74) is 2.97. The normalized spacial score (nSPS) is 14.8. The zero-order chi connectivity index (χ0) is 19.9. The Morgan fingerprint density at radius 3 is 2.24 bits per heavy atom. The van der Waals surface area contributed by atoms with Crippen molar-refractivity contribution in [2.45, 2.75) is 11.3 Å². The molecule has 1 saturated heterocycles. The van der Waals surface area contributed by atoms with Crippen LogP contribution in [0, 0.1) is 10.1 Å². The average molecular weight is 613 g/mol. The number of nitro groups is 1. The van der Waals surface area contributed by atoms with Crippen molar-refractivity contribution >= 4 is 42.8 Å². The van der Waals surface area contributed by atoms with Crippen LogP contribution < -0.4 is 4.90 Å². The van der Waals surface area contributed by atoms with Gasteiger partial charge in [0.15, 0.2) is 0 Å². The number of anilines is 1. The Balaban J connectivity index is 0.00000300. The predicted molar refractivity (Wildman–Crippen MR) is 114 cm³/mol. The molecule has 0 N–H and O–H groups in total. The molecule has 3 rings (SSSR count). The Morgan fingerprint density at radius 2 is 1.69 bits per heavy atom. The molecule has 1 aliphatic rings. The summed E-state index contributed by atoms with van der Waals surface area (Å²) in [5.74, 6) is 0. The number of benzene rings is 2. The third-order valence-electron chi connectivity index (χ3n) is 4.53. The van der Waals surface area contributed by atoms with Gasteiger partial charge in [-0.05, 0) is 35.4 Å². The second kappa shape index (κ2) is 11.6. The van der Waals surface area contributed by atoms with Crippen molar-refractivity contribution in [3.63, 3.8) is 0 Å². The van der Waals surface area contributed by atoms with E-state index in [1.807, 2.05) is 12.1 Å². The standard InChI is InChI=1S/C19H22N4O3S2.Au/c24-23(25)18-7-3-16(4-8-18)14-26-20-13-15-1-5-17(6-2-15)21-9-11-22(12-10-21)19(27)28;/h1-8,13,19,27-28H,9-12,14H2;/p-2/b20-13+;. The van der Waals surface area contributed by atoms with Crippen LogP contribution in [0.1, 0.15) is 11.1 Å². The van der Waals surface area contributed by atoms with Gasteiger partial charge in [-0.1, -0.05) is 17.3 Å². The molecule has 159 valence electrons. The van der Waals surface area contributed by atoms with Gasteiger partial charge in [0, 0.05) is 66.4 Å². The summed E-state index contributed by atoms with van der Waals surface area (Å²) in [7, 11) is 0. The van der Waals surface area contributed by atoms with E-state index in [2.05, 4.69) is 27.1 Å². The van der Waals surface area contributed by atoms with Gasteiger partial charge in [-0.15, -0.1) is 0 Å². The van der Waals surface area contributed by atoms with Crippen LogP contribution in [0.5, 0.6) is 0 Å². The first kappa shape index (κ1) is 23.8. The molecule has 1 fully saturated rings. The fourth-order valence-corrected chi connectivity index (χ4v) is 3.31. The predicted octanol–water partition coefficient (Wildman–Crippen LogP) is 2.64. The average Bonchev–Trinajstić information content (AvgIpc) is 2.72. The molecule has 0 atom stereocenters. The molecule has 1 heterocycles. The van der Waals surface area contributed by atoms with Crippen molar-refractivity contribution < 1.29 is 32.1 Å². The molecule has 0 aliphatic carbocycles. The summed E-state index contributed by atoms with van der Waals surface area (Å²) < 4.78 is -0.230. The molecule has 2 aromatic carbocycles. The number of oxime groups is 1. The van der Waals surface area contributed by atoms with Crippen molar-refractivity contribution in [1.29, 1.82) is 0 Å². The first-order valence-corrected chi connectivity index (χ1v) is 9.76. The van der Waals surface area contributed by atoms with Crippen LogP contribution in [-0.2, 0) is 59.1 Å². The van der Waals surface area contributed by atoms with E-state index in [1.165, 1.54) is 12.1 Å². The molecule has 1 radical (unpaired) electrons. The van der Waals surface area contributed by atoms with Gasteiger partial charge in [0.05, 0.1) is 11.1 Å². The van der Waals surface area contributed by atoms with Gasteiger partial charge in [-0.2, -0.15) is 0 Å². The maximum absolute atomic E-state index is 10.6. The Labute approximate surface area is 196 Å². The fraction of sp³-hybridized carbons (Fsp3) is 0.316. The van der Waals surface area contributed by atoms with E-state index in [0.717, 1.165) is 43.0 Å². The van der Waals surface area contributed by atoms with Gasteiger partial charge in [-0.25, -0.2) is 4.71 Å². The van der Waals surface area contributed by atoms with E-state index >= 15 is 0 Å². The Morgan fingerprint density at radius 1 is 1.07 bits per heavy atom. The molecule has 0 saturated carbocycles. The van der Waals surface area contributed by atoms with Crippen molar-refractivity contribution in [3.05, 3.63) is 69.8 Å². The minimum absolute atomic E-state index is 0. The molecule has 7 nitrogen and oxygen atoms in total.